The molecule has 1 saturated heterocycles. The van der Waals surface area contributed by atoms with Crippen molar-refractivity contribution < 1.29 is 23.1 Å². The van der Waals surface area contributed by atoms with E-state index in [1.165, 1.54) is 9.87 Å². The van der Waals surface area contributed by atoms with Gasteiger partial charge in [0.25, 0.3) is 0 Å². The topological polar surface area (TPSA) is 87.2 Å². The van der Waals surface area contributed by atoms with E-state index < -0.39 is 16.0 Å². The number of carboxylic acid groups (broad SMARTS) is 1. The van der Waals surface area contributed by atoms with Crippen molar-refractivity contribution in [1.82, 2.24) is 9.21 Å². The third-order valence-electron chi connectivity index (χ3n) is 6.36. The Morgan fingerprint density at radius 3 is 2.28 bits per heavy atom. The summed E-state index contributed by atoms with van der Waals surface area (Å²) in [5, 5.41) is 9.23. The molecule has 1 aliphatic heterocycles. The minimum absolute atomic E-state index is 0.0557. The molecule has 1 aliphatic rings. The van der Waals surface area contributed by atoms with Crippen LogP contribution in [0.25, 0.3) is 0 Å². The molecule has 0 unspecified atom stereocenters. The molecule has 0 amide bonds. The van der Waals surface area contributed by atoms with Crippen LogP contribution in [0.5, 0.6) is 5.75 Å². The average Bonchev–Trinajstić information content (AvgIpc) is 2.86. The van der Waals surface area contributed by atoms with Gasteiger partial charge < -0.3 is 9.84 Å². The molecule has 4 rings (SSSR count). The number of ether oxygens (including phenoxy) is 1. The molecule has 0 bridgehead atoms. The van der Waals surface area contributed by atoms with Crippen LogP contribution in [0.3, 0.4) is 0 Å². The van der Waals surface area contributed by atoms with Crippen LogP contribution >= 0.6 is 0 Å². The van der Waals surface area contributed by atoms with Gasteiger partial charge in [-0.3, -0.25) is 9.69 Å². The fraction of sp³-hybridized carbons (Fsp3) is 0.321. The molecule has 190 valence electrons. The summed E-state index contributed by atoms with van der Waals surface area (Å²) in [4.78, 5) is 13.7. The van der Waals surface area contributed by atoms with Gasteiger partial charge in [-0.15, -0.1) is 0 Å². The third kappa shape index (κ3) is 6.72. The van der Waals surface area contributed by atoms with Gasteiger partial charge in [0, 0.05) is 44.7 Å². The van der Waals surface area contributed by atoms with E-state index in [0.717, 1.165) is 23.3 Å². The molecule has 1 N–H and O–H groups in total. The normalized spacial score (nSPS) is 15.0. The van der Waals surface area contributed by atoms with Crippen LogP contribution < -0.4 is 4.74 Å². The number of piperazine rings is 1. The van der Waals surface area contributed by atoms with E-state index in [-0.39, 0.29) is 6.42 Å². The van der Waals surface area contributed by atoms with E-state index in [0.29, 0.717) is 49.8 Å². The van der Waals surface area contributed by atoms with Gasteiger partial charge in [-0.1, -0.05) is 60.2 Å². The van der Waals surface area contributed by atoms with Crippen molar-refractivity contribution >= 4 is 16.0 Å². The Balaban J connectivity index is 1.41. The Kier molecular flexibility index (Phi) is 8.40. The number of carbonyl (C=O) groups is 1. The molecule has 36 heavy (non-hydrogen) atoms. The fourth-order valence-corrected chi connectivity index (χ4v) is 5.76. The zero-order valence-corrected chi connectivity index (χ0v) is 21.3. The first-order valence-corrected chi connectivity index (χ1v) is 13.5. The van der Waals surface area contributed by atoms with Gasteiger partial charge in [0.15, 0.2) is 0 Å². The molecule has 0 saturated carbocycles. The number of aliphatic carboxylic acids is 1. The summed E-state index contributed by atoms with van der Waals surface area (Å²) in [6.45, 7) is 4.96. The first-order valence-electron chi connectivity index (χ1n) is 12.1. The molecule has 0 spiro atoms. The maximum atomic E-state index is 13.0. The zero-order valence-electron chi connectivity index (χ0n) is 20.5. The monoisotopic (exact) mass is 508 g/mol. The highest BCUT2D eigenvalue weighted by molar-refractivity contribution is 7.89. The van der Waals surface area contributed by atoms with E-state index in [4.69, 9.17) is 4.74 Å². The standard InChI is InChI=1S/C28H32N2O5S/c1-22-7-10-26(11-8-22)36(33,34)30-16-14-29(15-17-30)21-25-19-24(20-28(31)32)9-12-27(25)35-18-13-23-5-3-2-4-6-23/h2-12,19H,13-18,20-21H2,1H3,(H,31,32). The molecule has 7 nitrogen and oxygen atoms in total. The Morgan fingerprint density at radius 1 is 0.917 bits per heavy atom. The molecular weight excluding hydrogens is 476 g/mol. The highest BCUT2D eigenvalue weighted by Crippen LogP contribution is 2.25. The number of aryl methyl sites for hydroxylation is 1. The van der Waals surface area contributed by atoms with Gasteiger partial charge in [-0.05, 0) is 36.2 Å². The quantitative estimate of drug-likeness (QED) is 0.449. The van der Waals surface area contributed by atoms with Crippen molar-refractivity contribution in [3.05, 3.63) is 95.1 Å². The first-order chi connectivity index (χ1) is 17.3. The minimum atomic E-state index is -3.53. The smallest absolute Gasteiger partial charge is 0.307 e. The number of sulfonamides is 1. The van der Waals surface area contributed by atoms with Crippen molar-refractivity contribution in [3.63, 3.8) is 0 Å². The minimum Gasteiger partial charge on any atom is -0.493 e. The van der Waals surface area contributed by atoms with Gasteiger partial charge >= 0.3 is 5.97 Å². The van der Waals surface area contributed by atoms with Crippen LogP contribution in [-0.4, -0.2) is 61.5 Å². The molecule has 8 heteroatoms. The third-order valence-corrected chi connectivity index (χ3v) is 8.27. The van der Waals surface area contributed by atoms with Crippen molar-refractivity contribution in [2.75, 3.05) is 32.8 Å². The summed E-state index contributed by atoms with van der Waals surface area (Å²) in [6.07, 6.45) is 0.715. The molecule has 3 aromatic carbocycles. The van der Waals surface area contributed by atoms with E-state index >= 15 is 0 Å². The van der Waals surface area contributed by atoms with Crippen molar-refractivity contribution in [3.8, 4) is 5.75 Å². The Morgan fingerprint density at radius 2 is 1.61 bits per heavy atom. The summed E-state index contributed by atoms with van der Waals surface area (Å²) in [5.74, 6) is -0.150. The van der Waals surface area contributed by atoms with E-state index in [2.05, 4.69) is 17.0 Å². The predicted molar refractivity (Wildman–Crippen MR) is 139 cm³/mol. The van der Waals surface area contributed by atoms with Crippen LogP contribution in [0.15, 0.2) is 77.7 Å². The highest BCUT2D eigenvalue weighted by Gasteiger charge is 2.28. The number of carboxylic acids is 1. The lowest BCUT2D eigenvalue weighted by Crippen LogP contribution is -2.48. The summed E-state index contributed by atoms with van der Waals surface area (Å²) in [7, 11) is -3.53. The second-order valence-corrected chi connectivity index (χ2v) is 11.0. The summed E-state index contributed by atoms with van der Waals surface area (Å²) in [5.41, 5.74) is 3.84. The van der Waals surface area contributed by atoms with Crippen LogP contribution in [0.4, 0.5) is 0 Å². The second kappa shape index (κ2) is 11.7. The Hall–Kier alpha value is -3.20. The summed E-state index contributed by atoms with van der Waals surface area (Å²) < 4.78 is 33.7. The SMILES string of the molecule is Cc1ccc(S(=O)(=O)N2CCN(Cc3cc(CC(=O)O)ccc3OCCc3ccccc3)CC2)cc1. The lowest BCUT2D eigenvalue weighted by molar-refractivity contribution is -0.136. The number of nitrogens with zero attached hydrogens (tertiary/aromatic N) is 2. The van der Waals surface area contributed by atoms with Crippen LogP contribution in [0, 0.1) is 6.92 Å². The van der Waals surface area contributed by atoms with Gasteiger partial charge in [0.1, 0.15) is 5.75 Å². The maximum Gasteiger partial charge on any atom is 0.307 e. The Bertz CT molecular complexity index is 1270. The van der Waals surface area contributed by atoms with Crippen molar-refractivity contribution in [2.45, 2.75) is 31.2 Å². The first kappa shape index (κ1) is 25.9. The number of rotatable bonds is 10. The van der Waals surface area contributed by atoms with Gasteiger partial charge in [0.05, 0.1) is 17.9 Å². The van der Waals surface area contributed by atoms with Crippen LogP contribution in [-0.2, 0) is 34.2 Å². The zero-order chi connectivity index (χ0) is 25.5. The predicted octanol–water partition coefficient (Wildman–Crippen LogP) is 3.75. The van der Waals surface area contributed by atoms with Gasteiger partial charge in [-0.2, -0.15) is 4.31 Å². The summed E-state index contributed by atoms with van der Waals surface area (Å²) in [6, 6.07) is 22.6. The molecule has 0 aromatic heterocycles. The lowest BCUT2D eigenvalue weighted by Gasteiger charge is -2.34. The molecule has 1 heterocycles. The van der Waals surface area contributed by atoms with Crippen molar-refractivity contribution in [2.24, 2.45) is 0 Å². The molecule has 1 fully saturated rings. The number of benzene rings is 3. The van der Waals surface area contributed by atoms with E-state index in [1.807, 2.05) is 49.4 Å². The molecule has 3 aromatic rings. The van der Waals surface area contributed by atoms with Crippen molar-refractivity contribution in [1.29, 1.82) is 0 Å². The molecular formula is C28H32N2O5S. The average molecular weight is 509 g/mol. The second-order valence-electron chi connectivity index (χ2n) is 9.09. The Labute approximate surface area is 213 Å². The molecule has 0 aliphatic carbocycles. The highest BCUT2D eigenvalue weighted by atomic mass is 32.2. The maximum absolute atomic E-state index is 13.0. The van der Waals surface area contributed by atoms with Gasteiger partial charge in [-0.25, -0.2) is 8.42 Å². The number of hydrogen-bond acceptors (Lipinski definition) is 5. The molecule has 0 atom stereocenters. The van der Waals surface area contributed by atoms with E-state index in [1.54, 1.807) is 18.2 Å². The molecule has 0 radical (unpaired) electrons. The largest absolute Gasteiger partial charge is 0.493 e. The van der Waals surface area contributed by atoms with Gasteiger partial charge in [0.2, 0.25) is 10.0 Å². The van der Waals surface area contributed by atoms with E-state index in [9.17, 15) is 18.3 Å². The number of hydrogen-bond donors (Lipinski definition) is 1. The van der Waals surface area contributed by atoms with Crippen LogP contribution in [0.1, 0.15) is 22.3 Å². The summed E-state index contributed by atoms with van der Waals surface area (Å²) >= 11 is 0. The fourth-order valence-electron chi connectivity index (χ4n) is 4.33. The van der Waals surface area contributed by atoms with Crippen LogP contribution in [0.2, 0.25) is 0 Å². The lowest BCUT2D eigenvalue weighted by atomic mass is 10.1.